The fourth-order valence-electron chi connectivity index (χ4n) is 2.40. The maximum atomic E-state index is 8.72. The molecule has 0 aromatic carbocycles. The molecule has 1 aliphatic heterocycles. The van der Waals surface area contributed by atoms with Crippen LogP contribution in [-0.4, -0.2) is 23.2 Å². The fourth-order valence-corrected chi connectivity index (χ4v) is 4.21. The Morgan fingerprint density at radius 3 is 3.15 bits per heavy atom. The molecule has 1 aliphatic rings. The van der Waals surface area contributed by atoms with E-state index in [1.165, 1.54) is 16.9 Å². The third-order valence-corrected chi connectivity index (χ3v) is 5.38. The van der Waals surface area contributed by atoms with Gasteiger partial charge in [0, 0.05) is 35.8 Å². The number of fused-ring (bicyclic) bond motifs is 1. The van der Waals surface area contributed by atoms with Crippen molar-refractivity contribution >= 4 is 22.7 Å². The van der Waals surface area contributed by atoms with Crippen molar-refractivity contribution in [3.63, 3.8) is 0 Å². The molecule has 2 nitrogen and oxygen atoms in total. The summed E-state index contributed by atoms with van der Waals surface area (Å²) in [6, 6.07) is 6.52. The van der Waals surface area contributed by atoms with E-state index >= 15 is 0 Å². The molecule has 20 heavy (non-hydrogen) atoms. The van der Waals surface area contributed by atoms with Crippen molar-refractivity contribution in [2.24, 2.45) is 0 Å². The minimum atomic E-state index is 0.141. The Morgan fingerprint density at radius 2 is 2.25 bits per heavy atom. The molecule has 4 heteroatoms. The smallest absolute Gasteiger partial charge is 0.0771 e. The van der Waals surface area contributed by atoms with E-state index in [1.54, 1.807) is 16.2 Å². The van der Waals surface area contributed by atoms with E-state index in [1.807, 2.05) is 11.3 Å². The molecule has 0 bridgehead atoms. The first-order chi connectivity index (χ1) is 9.85. The maximum absolute atomic E-state index is 8.72. The fraction of sp³-hybridized carbons (Fsp3) is 0.375. The van der Waals surface area contributed by atoms with Crippen LogP contribution in [0, 0.1) is 11.8 Å². The molecule has 0 radical (unpaired) electrons. The largest absolute Gasteiger partial charge is 0.395 e. The summed E-state index contributed by atoms with van der Waals surface area (Å²) in [5, 5.41) is 10.9. The summed E-state index contributed by atoms with van der Waals surface area (Å²) in [5.41, 5.74) is 1.50. The standard InChI is InChI=1S/C16H17NOS2/c18-9-2-1-3-14-4-5-15(20-14)12-17-8-6-16-13(11-17)7-10-19-16/h4-5,7,10,18H,2,6,8-9,11-12H2. The van der Waals surface area contributed by atoms with Gasteiger partial charge in [-0.15, -0.1) is 22.7 Å². The Balaban J connectivity index is 1.61. The van der Waals surface area contributed by atoms with Gasteiger partial charge in [-0.25, -0.2) is 0 Å². The summed E-state index contributed by atoms with van der Waals surface area (Å²) >= 11 is 3.65. The lowest BCUT2D eigenvalue weighted by atomic mass is 10.1. The SMILES string of the molecule is OCCC#Cc1ccc(CN2CCc3sccc3C2)s1. The lowest BCUT2D eigenvalue weighted by Crippen LogP contribution is -2.28. The zero-order valence-corrected chi connectivity index (χ0v) is 12.9. The highest BCUT2D eigenvalue weighted by Gasteiger charge is 2.17. The van der Waals surface area contributed by atoms with Gasteiger partial charge in [-0.3, -0.25) is 4.90 Å². The predicted molar refractivity (Wildman–Crippen MR) is 85.0 cm³/mol. The van der Waals surface area contributed by atoms with Crippen LogP contribution in [0.15, 0.2) is 23.6 Å². The third kappa shape index (κ3) is 3.31. The van der Waals surface area contributed by atoms with Crippen LogP contribution in [0.5, 0.6) is 0 Å². The van der Waals surface area contributed by atoms with Gasteiger partial charge < -0.3 is 5.11 Å². The summed E-state index contributed by atoms with van der Waals surface area (Å²) in [5.74, 6) is 6.08. The predicted octanol–water partition coefficient (Wildman–Crippen LogP) is 3.10. The molecule has 3 rings (SSSR count). The van der Waals surface area contributed by atoms with E-state index in [0.29, 0.717) is 6.42 Å². The zero-order valence-electron chi connectivity index (χ0n) is 11.3. The molecule has 0 unspecified atom stereocenters. The zero-order chi connectivity index (χ0) is 13.8. The van der Waals surface area contributed by atoms with Crippen LogP contribution in [-0.2, 0) is 19.5 Å². The van der Waals surface area contributed by atoms with Crippen LogP contribution in [0.1, 0.15) is 26.6 Å². The van der Waals surface area contributed by atoms with Crippen molar-refractivity contribution in [3.05, 3.63) is 43.8 Å². The van der Waals surface area contributed by atoms with Gasteiger partial charge in [-0.05, 0) is 35.6 Å². The Hall–Kier alpha value is -1.12. The minimum absolute atomic E-state index is 0.141. The molecule has 2 aromatic rings. The summed E-state index contributed by atoms with van der Waals surface area (Å²) in [7, 11) is 0. The summed E-state index contributed by atoms with van der Waals surface area (Å²) in [6.45, 7) is 3.38. The number of rotatable bonds is 3. The van der Waals surface area contributed by atoms with E-state index < -0.39 is 0 Å². The molecule has 0 atom stereocenters. The molecule has 3 heterocycles. The summed E-state index contributed by atoms with van der Waals surface area (Å²) in [4.78, 5) is 6.54. The van der Waals surface area contributed by atoms with Gasteiger partial charge in [-0.2, -0.15) is 0 Å². The third-order valence-electron chi connectivity index (χ3n) is 3.38. The average Bonchev–Trinajstić information content (AvgIpc) is 3.08. The number of aliphatic hydroxyl groups excluding tert-OH is 1. The first-order valence-electron chi connectivity index (χ1n) is 6.81. The highest BCUT2D eigenvalue weighted by molar-refractivity contribution is 7.12. The molecule has 104 valence electrons. The van der Waals surface area contributed by atoms with Crippen LogP contribution in [0.2, 0.25) is 0 Å². The number of hydrogen-bond donors (Lipinski definition) is 1. The molecule has 0 aliphatic carbocycles. The van der Waals surface area contributed by atoms with Gasteiger partial charge in [0.25, 0.3) is 0 Å². The van der Waals surface area contributed by atoms with Crippen molar-refractivity contribution in [1.82, 2.24) is 4.90 Å². The molecular formula is C16H17NOS2. The molecule has 0 spiro atoms. The van der Waals surface area contributed by atoms with E-state index in [4.69, 9.17) is 5.11 Å². The summed E-state index contributed by atoms with van der Waals surface area (Å²) < 4.78 is 0. The van der Waals surface area contributed by atoms with E-state index in [0.717, 1.165) is 24.5 Å². The Morgan fingerprint density at radius 1 is 1.30 bits per heavy atom. The number of nitrogens with zero attached hydrogens (tertiary/aromatic N) is 1. The second kappa shape index (κ2) is 6.55. The van der Waals surface area contributed by atoms with Crippen molar-refractivity contribution in [2.45, 2.75) is 25.9 Å². The Labute approximate surface area is 127 Å². The summed E-state index contributed by atoms with van der Waals surface area (Å²) in [6.07, 6.45) is 1.74. The van der Waals surface area contributed by atoms with Crippen molar-refractivity contribution in [1.29, 1.82) is 0 Å². The van der Waals surface area contributed by atoms with Gasteiger partial charge in [0.15, 0.2) is 0 Å². The lowest BCUT2D eigenvalue weighted by molar-refractivity contribution is 0.249. The van der Waals surface area contributed by atoms with E-state index in [9.17, 15) is 0 Å². The van der Waals surface area contributed by atoms with Crippen LogP contribution in [0.25, 0.3) is 0 Å². The average molecular weight is 303 g/mol. The van der Waals surface area contributed by atoms with Crippen molar-refractivity contribution < 1.29 is 5.11 Å². The maximum Gasteiger partial charge on any atom is 0.0771 e. The second-order valence-corrected chi connectivity index (χ2v) is 7.04. The number of aliphatic hydroxyl groups is 1. The molecule has 1 N–H and O–H groups in total. The lowest BCUT2D eigenvalue weighted by Gasteiger charge is -2.26. The molecule has 0 fully saturated rings. The van der Waals surface area contributed by atoms with Gasteiger partial charge in [0.05, 0.1) is 11.5 Å². The van der Waals surface area contributed by atoms with Crippen LogP contribution in [0.4, 0.5) is 0 Å². The molecular weight excluding hydrogens is 286 g/mol. The van der Waals surface area contributed by atoms with Gasteiger partial charge in [0.2, 0.25) is 0 Å². The molecule has 2 aromatic heterocycles. The molecule has 0 saturated heterocycles. The first-order valence-corrected chi connectivity index (χ1v) is 8.51. The minimum Gasteiger partial charge on any atom is -0.395 e. The van der Waals surface area contributed by atoms with Crippen LogP contribution in [0.3, 0.4) is 0 Å². The normalized spacial score (nSPS) is 14.7. The van der Waals surface area contributed by atoms with E-state index in [2.05, 4.69) is 40.3 Å². The quantitative estimate of drug-likeness (QED) is 0.881. The molecule has 0 amide bonds. The highest BCUT2D eigenvalue weighted by Crippen LogP contribution is 2.26. The van der Waals surface area contributed by atoms with Crippen LogP contribution < -0.4 is 0 Å². The van der Waals surface area contributed by atoms with Crippen molar-refractivity contribution in [2.75, 3.05) is 13.2 Å². The monoisotopic (exact) mass is 303 g/mol. The topological polar surface area (TPSA) is 23.5 Å². The van der Waals surface area contributed by atoms with Gasteiger partial charge in [-0.1, -0.05) is 11.8 Å². The number of hydrogen-bond acceptors (Lipinski definition) is 4. The van der Waals surface area contributed by atoms with Gasteiger partial charge in [0.1, 0.15) is 0 Å². The Kier molecular flexibility index (Phi) is 4.54. The highest BCUT2D eigenvalue weighted by atomic mass is 32.1. The van der Waals surface area contributed by atoms with E-state index in [-0.39, 0.29) is 6.61 Å². The van der Waals surface area contributed by atoms with Crippen LogP contribution >= 0.6 is 22.7 Å². The Bertz CT molecular complexity index is 632. The number of thiophene rings is 2. The first kappa shape index (κ1) is 13.8. The molecule has 0 saturated carbocycles. The van der Waals surface area contributed by atoms with Gasteiger partial charge >= 0.3 is 0 Å². The second-order valence-electron chi connectivity index (χ2n) is 4.87. The van der Waals surface area contributed by atoms with Crippen molar-refractivity contribution in [3.8, 4) is 11.8 Å².